The normalized spacial score (nSPS) is 22.3. The van der Waals surface area contributed by atoms with E-state index in [1.54, 1.807) is 17.3 Å². The van der Waals surface area contributed by atoms with Gasteiger partial charge in [0.1, 0.15) is 0 Å². The van der Waals surface area contributed by atoms with E-state index in [1.165, 1.54) is 0 Å². The minimum atomic E-state index is -0.00796. The Morgan fingerprint density at radius 2 is 2.42 bits per heavy atom. The molecule has 104 valence electrons. The highest BCUT2D eigenvalue weighted by molar-refractivity contribution is 5.99. The number of pyridine rings is 1. The Hall–Kier alpha value is -1.62. The summed E-state index contributed by atoms with van der Waals surface area (Å²) < 4.78 is 5.53. The van der Waals surface area contributed by atoms with Gasteiger partial charge in [0.05, 0.1) is 23.4 Å². The second-order valence-electron chi connectivity index (χ2n) is 4.80. The number of hydrogen-bond acceptors (Lipinski definition) is 4. The minimum Gasteiger partial charge on any atom is -0.385 e. The van der Waals surface area contributed by atoms with Crippen molar-refractivity contribution in [2.75, 3.05) is 25.5 Å². The standard InChI is InChI=1S/C14H21N3O2/c1-4-16-12-5-7-15-9-11(12)14(18)17(3)13-6-8-19-10(13)2/h5,7,9-10,13H,4,6,8H2,1-3H3,(H,15,16). The summed E-state index contributed by atoms with van der Waals surface area (Å²) in [6, 6.07) is 1.97. The fourth-order valence-electron chi connectivity index (χ4n) is 2.48. The number of carbonyl (C=O) groups excluding carboxylic acids is 1. The van der Waals surface area contributed by atoms with Crippen molar-refractivity contribution in [3.8, 4) is 0 Å². The van der Waals surface area contributed by atoms with Crippen molar-refractivity contribution in [2.24, 2.45) is 0 Å². The van der Waals surface area contributed by atoms with Crippen LogP contribution in [-0.4, -0.2) is 48.1 Å². The molecule has 2 heterocycles. The van der Waals surface area contributed by atoms with E-state index in [0.717, 1.165) is 25.3 Å². The zero-order valence-corrected chi connectivity index (χ0v) is 11.7. The second-order valence-corrected chi connectivity index (χ2v) is 4.80. The van der Waals surface area contributed by atoms with E-state index in [1.807, 2.05) is 27.0 Å². The third-order valence-corrected chi connectivity index (χ3v) is 3.57. The summed E-state index contributed by atoms with van der Waals surface area (Å²) in [5.74, 6) is -0.00796. The summed E-state index contributed by atoms with van der Waals surface area (Å²) in [5.41, 5.74) is 1.45. The third kappa shape index (κ3) is 2.87. The molecule has 1 amide bonds. The van der Waals surface area contributed by atoms with Crippen molar-refractivity contribution in [3.63, 3.8) is 0 Å². The van der Waals surface area contributed by atoms with Crippen LogP contribution < -0.4 is 5.32 Å². The Morgan fingerprint density at radius 3 is 3.05 bits per heavy atom. The first-order valence-corrected chi connectivity index (χ1v) is 6.71. The average Bonchev–Trinajstić information content (AvgIpc) is 2.84. The van der Waals surface area contributed by atoms with E-state index in [9.17, 15) is 4.79 Å². The lowest BCUT2D eigenvalue weighted by atomic mass is 10.1. The lowest BCUT2D eigenvalue weighted by Gasteiger charge is -2.27. The van der Waals surface area contributed by atoms with Gasteiger partial charge in [-0.3, -0.25) is 9.78 Å². The first kappa shape index (κ1) is 13.8. The first-order chi connectivity index (χ1) is 9.15. The van der Waals surface area contributed by atoms with Gasteiger partial charge in [0.15, 0.2) is 0 Å². The molecule has 0 radical (unpaired) electrons. The van der Waals surface area contributed by atoms with Gasteiger partial charge in [-0.1, -0.05) is 0 Å². The van der Waals surface area contributed by atoms with Crippen LogP contribution in [0.4, 0.5) is 5.69 Å². The van der Waals surface area contributed by atoms with Crippen molar-refractivity contribution < 1.29 is 9.53 Å². The maximum absolute atomic E-state index is 12.6. The summed E-state index contributed by atoms with van der Waals surface area (Å²) in [5, 5.41) is 3.19. The van der Waals surface area contributed by atoms with E-state index in [4.69, 9.17) is 4.74 Å². The molecule has 2 atom stereocenters. The van der Waals surface area contributed by atoms with E-state index in [2.05, 4.69) is 10.3 Å². The minimum absolute atomic E-state index is 0.00796. The summed E-state index contributed by atoms with van der Waals surface area (Å²) in [7, 11) is 1.83. The summed E-state index contributed by atoms with van der Waals surface area (Å²) in [6.07, 6.45) is 4.29. The number of ether oxygens (including phenoxy) is 1. The van der Waals surface area contributed by atoms with E-state index < -0.39 is 0 Å². The average molecular weight is 263 g/mol. The largest absolute Gasteiger partial charge is 0.385 e. The SMILES string of the molecule is CCNc1ccncc1C(=O)N(C)C1CCOC1C. The van der Waals surface area contributed by atoms with Gasteiger partial charge in [0.25, 0.3) is 5.91 Å². The van der Waals surface area contributed by atoms with Crippen LogP contribution in [0.1, 0.15) is 30.6 Å². The second kappa shape index (κ2) is 6.02. The molecule has 0 aromatic carbocycles. The van der Waals surface area contributed by atoms with Crippen LogP contribution in [0.2, 0.25) is 0 Å². The van der Waals surface area contributed by atoms with Crippen LogP contribution in [-0.2, 0) is 4.74 Å². The molecular formula is C14H21N3O2. The fraction of sp³-hybridized carbons (Fsp3) is 0.571. The number of nitrogens with zero attached hydrogens (tertiary/aromatic N) is 2. The van der Waals surface area contributed by atoms with Gasteiger partial charge in [-0.05, 0) is 26.3 Å². The number of anilines is 1. The molecule has 2 unspecified atom stereocenters. The molecule has 1 saturated heterocycles. The highest BCUT2D eigenvalue weighted by Crippen LogP contribution is 2.22. The van der Waals surface area contributed by atoms with E-state index in [0.29, 0.717) is 5.56 Å². The molecule has 5 nitrogen and oxygen atoms in total. The molecule has 1 fully saturated rings. The molecule has 1 N–H and O–H groups in total. The van der Waals surface area contributed by atoms with E-state index >= 15 is 0 Å². The first-order valence-electron chi connectivity index (χ1n) is 6.71. The summed E-state index contributed by atoms with van der Waals surface area (Å²) in [4.78, 5) is 18.4. The van der Waals surface area contributed by atoms with Crippen molar-refractivity contribution >= 4 is 11.6 Å². The number of aromatic nitrogens is 1. The van der Waals surface area contributed by atoms with Crippen LogP contribution >= 0.6 is 0 Å². The zero-order valence-electron chi connectivity index (χ0n) is 11.7. The number of carbonyl (C=O) groups is 1. The molecule has 1 aromatic heterocycles. The van der Waals surface area contributed by atoms with Crippen LogP contribution in [0.15, 0.2) is 18.5 Å². The van der Waals surface area contributed by atoms with Crippen molar-refractivity contribution in [2.45, 2.75) is 32.4 Å². The van der Waals surface area contributed by atoms with Gasteiger partial charge in [0.2, 0.25) is 0 Å². The molecule has 1 aliphatic heterocycles. The fourth-order valence-corrected chi connectivity index (χ4v) is 2.48. The van der Waals surface area contributed by atoms with Crippen molar-refractivity contribution in [1.82, 2.24) is 9.88 Å². The molecule has 1 aliphatic rings. The Balaban J connectivity index is 2.19. The predicted octanol–water partition coefficient (Wildman–Crippen LogP) is 1.76. The van der Waals surface area contributed by atoms with E-state index in [-0.39, 0.29) is 18.1 Å². The molecule has 1 aromatic rings. The molecule has 19 heavy (non-hydrogen) atoms. The number of rotatable bonds is 4. The molecule has 2 rings (SSSR count). The van der Waals surface area contributed by atoms with Crippen LogP contribution in [0.5, 0.6) is 0 Å². The monoisotopic (exact) mass is 263 g/mol. The Labute approximate surface area is 114 Å². The van der Waals surface area contributed by atoms with Gasteiger partial charge in [-0.15, -0.1) is 0 Å². The summed E-state index contributed by atoms with van der Waals surface area (Å²) in [6.45, 7) is 5.51. The Morgan fingerprint density at radius 1 is 1.63 bits per heavy atom. The van der Waals surface area contributed by atoms with Crippen LogP contribution in [0, 0.1) is 0 Å². The predicted molar refractivity (Wildman–Crippen MR) is 74.3 cm³/mol. The van der Waals surface area contributed by atoms with Crippen molar-refractivity contribution in [1.29, 1.82) is 0 Å². The van der Waals surface area contributed by atoms with Crippen LogP contribution in [0.25, 0.3) is 0 Å². The Kier molecular flexibility index (Phi) is 4.37. The van der Waals surface area contributed by atoms with Crippen molar-refractivity contribution in [3.05, 3.63) is 24.0 Å². The molecule has 0 bridgehead atoms. The number of amides is 1. The quantitative estimate of drug-likeness (QED) is 0.899. The molecule has 0 aliphatic carbocycles. The molecule has 0 spiro atoms. The lowest BCUT2D eigenvalue weighted by molar-refractivity contribution is 0.0575. The highest BCUT2D eigenvalue weighted by atomic mass is 16.5. The molecule has 5 heteroatoms. The number of nitrogens with one attached hydrogen (secondary N) is 1. The number of likely N-dealkylation sites (N-methyl/N-ethyl adjacent to an activating group) is 1. The van der Waals surface area contributed by atoms with Crippen LogP contribution in [0.3, 0.4) is 0 Å². The Bertz CT molecular complexity index is 450. The maximum Gasteiger partial charge on any atom is 0.257 e. The smallest absolute Gasteiger partial charge is 0.257 e. The number of hydrogen-bond donors (Lipinski definition) is 1. The topological polar surface area (TPSA) is 54.5 Å². The van der Waals surface area contributed by atoms with Gasteiger partial charge in [-0.2, -0.15) is 0 Å². The van der Waals surface area contributed by atoms with Gasteiger partial charge >= 0.3 is 0 Å². The lowest BCUT2D eigenvalue weighted by Crippen LogP contribution is -2.41. The highest BCUT2D eigenvalue weighted by Gasteiger charge is 2.31. The summed E-state index contributed by atoms with van der Waals surface area (Å²) >= 11 is 0. The third-order valence-electron chi connectivity index (χ3n) is 3.57. The molecular weight excluding hydrogens is 242 g/mol. The molecule has 0 saturated carbocycles. The maximum atomic E-state index is 12.6. The van der Waals surface area contributed by atoms with Gasteiger partial charge < -0.3 is 15.0 Å². The van der Waals surface area contributed by atoms with Gasteiger partial charge in [-0.25, -0.2) is 0 Å². The van der Waals surface area contributed by atoms with Gasteiger partial charge in [0, 0.05) is 32.6 Å². The zero-order chi connectivity index (χ0) is 13.8.